The fourth-order valence-corrected chi connectivity index (χ4v) is 2.30. The van der Waals surface area contributed by atoms with Crippen molar-refractivity contribution in [3.8, 4) is 0 Å². The minimum atomic E-state index is -4.33. The van der Waals surface area contributed by atoms with Gasteiger partial charge < -0.3 is 0 Å². The molecule has 2 aromatic carbocycles. The van der Waals surface area contributed by atoms with Crippen molar-refractivity contribution in [1.29, 1.82) is 0 Å². The molecule has 112 valence electrons. The molecule has 2 aromatic rings. The van der Waals surface area contributed by atoms with E-state index in [2.05, 4.69) is 5.43 Å². The van der Waals surface area contributed by atoms with Gasteiger partial charge in [0.15, 0.2) is 0 Å². The molecule has 0 aliphatic carbocycles. The van der Waals surface area contributed by atoms with Gasteiger partial charge in [0.2, 0.25) is 0 Å². The molecule has 0 spiro atoms. The first kappa shape index (κ1) is 15.5. The van der Waals surface area contributed by atoms with Gasteiger partial charge in [0.25, 0.3) is 0 Å². The third kappa shape index (κ3) is 3.43. The van der Waals surface area contributed by atoms with E-state index in [1.54, 1.807) is 0 Å². The minimum Gasteiger partial charge on any atom is -0.271 e. The molecule has 0 heterocycles. The summed E-state index contributed by atoms with van der Waals surface area (Å²) in [4.78, 5) is 0. The summed E-state index contributed by atoms with van der Waals surface area (Å²) in [7, 11) is 0. The topological polar surface area (TPSA) is 38.0 Å². The maximum atomic E-state index is 12.6. The average molecular weight is 294 g/mol. The Labute approximate surface area is 121 Å². The van der Waals surface area contributed by atoms with E-state index in [1.165, 1.54) is 12.1 Å². The Balaban J connectivity index is 2.40. The lowest BCUT2D eigenvalue weighted by Gasteiger charge is -2.20. The van der Waals surface area contributed by atoms with Crippen LogP contribution in [-0.4, -0.2) is 0 Å². The molecule has 0 amide bonds. The number of aryl methyl sites for hydroxylation is 2. The molecule has 3 N–H and O–H groups in total. The number of hydrogen-bond acceptors (Lipinski definition) is 2. The summed E-state index contributed by atoms with van der Waals surface area (Å²) >= 11 is 0. The highest BCUT2D eigenvalue weighted by atomic mass is 19.4. The van der Waals surface area contributed by atoms with Crippen LogP contribution in [0.4, 0.5) is 13.2 Å². The van der Waals surface area contributed by atoms with Gasteiger partial charge in [-0.15, -0.1) is 0 Å². The van der Waals surface area contributed by atoms with E-state index >= 15 is 0 Å². The minimum absolute atomic E-state index is 0.341. The van der Waals surface area contributed by atoms with Crippen molar-refractivity contribution in [3.05, 3.63) is 70.3 Å². The van der Waals surface area contributed by atoms with E-state index in [4.69, 9.17) is 5.84 Å². The molecule has 0 aromatic heterocycles. The maximum Gasteiger partial charge on any atom is 0.416 e. The zero-order valence-corrected chi connectivity index (χ0v) is 11.8. The lowest BCUT2D eigenvalue weighted by Crippen LogP contribution is -2.29. The van der Waals surface area contributed by atoms with Crippen LogP contribution in [0.25, 0.3) is 0 Å². The molecule has 0 aliphatic rings. The Morgan fingerprint density at radius 1 is 1.00 bits per heavy atom. The molecule has 1 atom stereocenters. The number of hydrazine groups is 1. The first-order valence-corrected chi connectivity index (χ1v) is 6.53. The van der Waals surface area contributed by atoms with Gasteiger partial charge in [-0.05, 0) is 42.7 Å². The van der Waals surface area contributed by atoms with Crippen molar-refractivity contribution < 1.29 is 13.2 Å². The van der Waals surface area contributed by atoms with Crippen molar-refractivity contribution in [1.82, 2.24) is 5.43 Å². The Morgan fingerprint density at radius 3 is 2.14 bits per heavy atom. The van der Waals surface area contributed by atoms with E-state index in [9.17, 15) is 13.2 Å². The fraction of sp³-hybridized carbons (Fsp3) is 0.250. The first-order valence-electron chi connectivity index (χ1n) is 6.53. The summed E-state index contributed by atoms with van der Waals surface area (Å²) < 4.78 is 37.8. The Morgan fingerprint density at radius 2 is 1.62 bits per heavy atom. The lowest BCUT2D eigenvalue weighted by atomic mass is 9.93. The van der Waals surface area contributed by atoms with Crippen molar-refractivity contribution in [2.45, 2.75) is 26.1 Å². The van der Waals surface area contributed by atoms with Crippen LogP contribution < -0.4 is 11.3 Å². The van der Waals surface area contributed by atoms with E-state index in [0.29, 0.717) is 5.56 Å². The SMILES string of the molecule is Cc1ccc(C)c(C(NN)c2ccc(C(F)(F)F)cc2)c1. The van der Waals surface area contributed by atoms with Gasteiger partial charge in [-0.25, -0.2) is 5.43 Å². The predicted molar refractivity (Wildman–Crippen MR) is 76.5 cm³/mol. The second-order valence-electron chi connectivity index (χ2n) is 5.08. The van der Waals surface area contributed by atoms with Gasteiger partial charge in [-0.3, -0.25) is 5.84 Å². The van der Waals surface area contributed by atoms with E-state index in [0.717, 1.165) is 28.8 Å². The van der Waals surface area contributed by atoms with Crippen LogP contribution in [0.15, 0.2) is 42.5 Å². The van der Waals surface area contributed by atoms with Crippen LogP contribution in [0, 0.1) is 13.8 Å². The quantitative estimate of drug-likeness (QED) is 0.666. The van der Waals surface area contributed by atoms with Gasteiger partial charge in [-0.2, -0.15) is 13.2 Å². The zero-order valence-electron chi connectivity index (χ0n) is 11.8. The molecule has 5 heteroatoms. The third-order valence-electron chi connectivity index (χ3n) is 3.48. The van der Waals surface area contributed by atoms with Gasteiger partial charge in [0, 0.05) is 0 Å². The molecule has 0 fully saturated rings. The summed E-state index contributed by atoms with van der Waals surface area (Å²) in [5.74, 6) is 5.61. The van der Waals surface area contributed by atoms with Crippen molar-refractivity contribution in [3.63, 3.8) is 0 Å². The van der Waals surface area contributed by atoms with Gasteiger partial charge in [0.05, 0.1) is 11.6 Å². The Kier molecular flexibility index (Phi) is 4.34. The molecule has 0 aliphatic heterocycles. The van der Waals surface area contributed by atoms with Gasteiger partial charge in [-0.1, -0.05) is 35.9 Å². The van der Waals surface area contributed by atoms with Crippen molar-refractivity contribution >= 4 is 0 Å². The molecule has 2 nitrogen and oxygen atoms in total. The highest BCUT2D eigenvalue weighted by molar-refractivity contribution is 5.40. The fourth-order valence-electron chi connectivity index (χ4n) is 2.30. The lowest BCUT2D eigenvalue weighted by molar-refractivity contribution is -0.137. The summed E-state index contributed by atoms with van der Waals surface area (Å²) in [6, 6.07) is 10.7. The number of rotatable bonds is 3. The van der Waals surface area contributed by atoms with Gasteiger partial charge >= 0.3 is 6.18 Å². The number of nitrogens with one attached hydrogen (secondary N) is 1. The average Bonchev–Trinajstić information content (AvgIpc) is 2.43. The second-order valence-corrected chi connectivity index (χ2v) is 5.08. The van der Waals surface area contributed by atoms with Crippen LogP contribution in [0.2, 0.25) is 0 Å². The smallest absolute Gasteiger partial charge is 0.271 e. The number of nitrogens with two attached hydrogens (primary N) is 1. The summed E-state index contributed by atoms with van der Waals surface area (Å²) in [5, 5.41) is 0. The Hall–Kier alpha value is -1.85. The largest absolute Gasteiger partial charge is 0.416 e. The first-order chi connectivity index (χ1) is 9.82. The third-order valence-corrected chi connectivity index (χ3v) is 3.48. The number of alkyl halides is 3. The highest BCUT2D eigenvalue weighted by Crippen LogP contribution is 2.31. The van der Waals surface area contributed by atoms with E-state index < -0.39 is 11.7 Å². The monoisotopic (exact) mass is 294 g/mol. The molecule has 1 unspecified atom stereocenters. The number of benzene rings is 2. The van der Waals surface area contributed by atoms with E-state index in [1.807, 2.05) is 32.0 Å². The van der Waals surface area contributed by atoms with Crippen molar-refractivity contribution in [2.24, 2.45) is 5.84 Å². The summed E-state index contributed by atoms with van der Waals surface area (Å²) in [6.07, 6.45) is -4.33. The zero-order chi connectivity index (χ0) is 15.6. The van der Waals surface area contributed by atoms with Gasteiger partial charge in [0.1, 0.15) is 0 Å². The second kappa shape index (κ2) is 5.87. The predicted octanol–water partition coefficient (Wildman–Crippen LogP) is 3.87. The normalized spacial score (nSPS) is 13.2. The molecule has 0 saturated carbocycles. The van der Waals surface area contributed by atoms with Crippen LogP contribution in [0.3, 0.4) is 0 Å². The van der Waals surface area contributed by atoms with Crippen LogP contribution in [0.5, 0.6) is 0 Å². The van der Waals surface area contributed by atoms with Crippen LogP contribution in [-0.2, 0) is 6.18 Å². The Bertz CT molecular complexity index is 618. The maximum absolute atomic E-state index is 12.6. The summed E-state index contributed by atoms with van der Waals surface area (Å²) in [6.45, 7) is 3.91. The van der Waals surface area contributed by atoms with E-state index in [-0.39, 0.29) is 6.04 Å². The molecule has 2 rings (SSSR count). The molecule has 0 radical (unpaired) electrons. The highest BCUT2D eigenvalue weighted by Gasteiger charge is 2.30. The number of halogens is 3. The number of hydrogen-bond donors (Lipinski definition) is 2. The van der Waals surface area contributed by atoms with Crippen LogP contribution >= 0.6 is 0 Å². The van der Waals surface area contributed by atoms with Crippen molar-refractivity contribution in [2.75, 3.05) is 0 Å². The standard InChI is InChI=1S/C16H17F3N2/c1-10-3-4-11(2)14(9-10)15(21-20)12-5-7-13(8-6-12)16(17,18)19/h3-9,15,21H,20H2,1-2H3. The molecule has 21 heavy (non-hydrogen) atoms. The molecule has 0 saturated heterocycles. The summed E-state index contributed by atoms with van der Waals surface area (Å²) in [5.41, 5.74) is 5.77. The molecular formula is C16H17F3N2. The molecule has 0 bridgehead atoms. The van der Waals surface area contributed by atoms with Crippen LogP contribution in [0.1, 0.15) is 33.9 Å². The molecular weight excluding hydrogens is 277 g/mol.